The minimum absolute atomic E-state index is 0.0490. The maximum absolute atomic E-state index is 12.4. The van der Waals surface area contributed by atoms with E-state index in [9.17, 15) is 4.79 Å². The van der Waals surface area contributed by atoms with Crippen LogP contribution >= 0.6 is 0 Å². The quantitative estimate of drug-likeness (QED) is 0.736. The monoisotopic (exact) mass is 299 g/mol. The van der Waals surface area contributed by atoms with Crippen LogP contribution in [0.15, 0.2) is 54.6 Å². The maximum Gasteiger partial charge on any atom is 0.258 e. The predicted octanol–water partition coefficient (Wildman–Crippen LogP) is 3.38. The van der Waals surface area contributed by atoms with Gasteiger partial charge in [-0.05, 0) is 43.3 Å². The highest BCUT2D eigenvalue weighted by atomic mass is 16.5. The number of rotatable bonds is 7. The largest absolute Gasteiger partial charge is 0.491 e. The van der Waals surface area contributed by atoms with Crippen LogP contribution in [0.4, 0.5) is 5.69 Å². The third kappa shape index (κ3) is 4.33. The molecular formula is C18H21NO3. The molecule has 0 saturated heterocycles. The lowest BCUT2D eigenvalue weighted by molar-refractivity contribution is 0.0992. The second-order valence-corrected chi connectivity index (χ2v) is 4.77. The van der Waals surface area contributed by atoms with Crippen LogP contribution in [0.3, 0.4) is 0 Å². The fourth-order valence-electron chi connectivity index (χ4n) is 2.02. The fraction of sp³-hybridized carbons (Fsp3) is 0.278. The number of nitrogens with zero attached hydrogens (tertiary/aromatic N) is 1. The van der Waals surface area contributed by atoms with Gasteiger partial charge in [0.15, 0.2) is 0 Å². The number of benzene rings is 2. The van der Waals surface area contributed by atoms with Crippen LogP contribution in [0.1, 0.15) is 17.3 Å². The first-order valence-corrected chi connectivity index (χ1v) is 7.36. The second-order valence-electron chi connectivity index (χ2n) is 4.77. The summed E-state index contributed by atoms with van der Waals surface area (Å²) in [6, 6.07) is 16.7. The molecule has 4 nitrogen and oxygen atoms in total. The van der Waals surface area contributed by atoms with Crippen LogP contribution < -0.4 is 9.64 Å². The molecular weight excluding hydrogens is 278 g/mol. The van der Waals surface area contributed by atoms with Crippen molar-refractivity contribution >= 4 is 11.6 Å². The van der Waals surface area contributed by atoms with Crippen molar-refractivity contribution < 1.29 is 14.3 Å². The highest BCUT2D eigenvalue weighted by molar-refractivity contribution is 6.05. The average Bonchev–Trinajstić information content (AvgIpc) is 2.59. The number of ether oxygens (including phenoxy) is 2. The Morgan fingerprint density at radius 1 is 1.00 bits per heavy atom. The van der Waals surface area contributed by atoms with E-state index in [1.54, 1.807) is 36.2 Å². The standard InChI is InChI=1S/C18H21NO3/c1-3-21-13-14-22-17-11-9-15(10-12-17)18(20)19(2)16-7-5-4-6-8-16/h4-12H,3,13-14H2,1-2H3. The van der Waals surface area contributed by atoms with Crippen LogP contribution in [0.2, 0.25) is 0 Å². The first kappa shape index (κ1) is 16.0. The summed E-state index contributed by atoms with van der Waals surface area (Å²) in [6.07, 6.45) is 0. The summed E-state index contributed by atoms with van der Waals surface area (Å²) >= 11 is 0. The summed E-state index contributed by atoms with van der Waals surface area (Å²) in [5.41, 5.74) is 1.49. The van der Waals surface area contributed by atoms with Crippen molar-refractivity contribution in [2.75, 3.05) is 31.8 Å². The SMILES string of the molecule is CCOCCOc1ccc(C(=O)N(C)c2ccccc2)cc1. The molecule has 4 heteroatoms. The molecule has 2 rings (SSSR count). The van der Waals surface area contributed by atoms with Crippen molar-refractivity contribution in [1.82, 2.24) is 0 Å². The van der Waals surface area contributed by atoms with Crippen molar-refractivity contribution in [2.24, 2.45) is 0 Å². The molecule has 0 bridgehead atoms. The molecule has 0 aliphatic rings. The minimum Gasteiger partial charge on any atom is -0.491 e. The number of hydrogen-bond donors (Lipinski definition) is 0. The predicted molar refractivity (Wildman–Crippen MR) is 87.6 cm³/mol. The summed E-state index contributed by atoms with van der Waals surface area (Å²) in [4.78, 5) is 14.1. The van der Waals surface area contributed by atoms with Crippen molar-refractivity contribution in [3.8, 4) is 5.75 Å². The van der Waals surface area contributed by atoms with E-state index < -0.39 is 0 Å². The van der Waals surface area contributed by atoms with Gasteiger partial charge in [0.25, 0.3) is 5.91 Å². The molecule has 0 saturated carbocycles. The van der Waals surface area contributed by atoms with Gasteiger partial charge in [-0.25, -0.2) is 0 Å². The Labute approximate surface area is 131 Å². The third-order valence-electron chi connectivity index (χ3n) is 3.25. The van der Waals surface area contributed by atoms with E-state index in [4.69, 9.17) is 9.47 Å². The Kier molecular flexibility index (Phi) is 5.98. The molecule has 0 fully saturated rings. The number of carbonyl (C=O) groups is 1. The fourth-order valence-corrected chi connectivity index (χ4v) is 2.02. The lowest BCUT2D eigenvalue weighted by Crippen LogP contribution is -2.26. The van der Waals surface area contributed by atoms with Gasteiger partial charge in [-0.3, -0.25) is 4.79 Å². The molecule has 0 atom stereocenters. The van der Waals surface area contributed by atoms with Gasteiger partial charge in [0.05, 0.1) is 6.61 Å². The van der Waals surface area contributed by atoms with E-state index in [2.05, 4.69) is 0 Å². The zero-order valence-electron chi connectivity index (χ0n) is 13.0. The first-order chi connectivity index (χ1) is 10.7. The second kappa shape index (κ2) is 8.20. The van der Waals surface area contributed by atoms with Gasteiger partial charge >= 0.3 is 0 Å². The number of hydrogen-bond acceptors (Lipinski definition) is 3. The topological polar surface area (TPSA) is 38.8 Å². The molecule has 2 aromatic carbocycles. The van der Waals surface area contributed by atoms with Gasteiger partial charge < -0.3 is 14.4 Å². The molecule has 0 N–H and O–H groups in total. The van der Waals surface area contributed by atoms with Crippen molar-refractivity contribution in [3.63, 3.8) is 0 Å². The molecule has 22 heavy (non-hydrogen) atoms. The zero-order chi connectivity index (χ0) is 15.8. The van der Waals surface area contributed by atoms with Gasteiger partial charge in [0, 0.05) is 24.9 Å². The van der Waals surface area contributed by atoms with Crippen molar-refractivity contribution in [2.45, 2.75) is 6.92 Å². The van der Waals surface area contributed by atoms with Crippen molar-refractivity contribution in [3.05, 3.63) is 60.2 Å². The van der Waals surface area contributed by atoms with Gasteiger partial charge in [-0.1, -0.05) is 18.2 Å². The van der Waals surface area contributed by atoms with E-state index in [1.807, 2.05) is 37.3 Å². The summed E-state index contributed by atoms with van der Waals surface area (Å²) < 4.78 is 10.7. The van der Waals surface area contributed by atoms with Gasteiger partial charge in [-0.2, -0.15) is 0 Å². The summed E-state index contributed by atoms with van der Waals surface area (Å²) in [5.74, 6) is 0.686. The third-order valence-corrected chi connectivity index (χ3v) is 3.25. The molecule has 2 aromatic rings. The highest BCUT2D eigenvalue weighted by Gasteiger charge is 2.13. The number of anilines is 1. The smallest absolute Gasteiger partial charge is 0.258 e. The average molecular weight is 299 g/mol. The Balaban J connectivity index is 1.96. The minimum atomic E-state index is -0.0490. The molecule has 1 amide bonds. The molecule has 0 spiro atoms. The Bertz CT molecular complexity index is 581. The van der Waals surface area contributed by atoms with Crippen LogP contribution in [-0.2, 0) is 4.74 Å². The van der Waals surface area contributed by atoms with Gasteiger partial charge in [-0.15, -0.1) is 0 Å². The molecule has 0 unspecified atom stereocenters. The van der Waals surface area contributed by atoms with E-state index in [-0.39, 0.29) is 5.91 Å². The first-order valence-electron chi connectivity index (χ1n) is 7.36. The van der Waals surface area contributed by atoms with Crippen LogP contribution in [0.25, 0.3) is 0 Å². The number of para-hydroxylation sites is 1. The summed E-state index contributed by atoms with van der Waals surface area (Å²) in [5, 5.41) is 0. The molecule has 0 aromatic heterocycles. The highest BCUT2D eigenvalue weighted by Crippen LogP contribution is 2.17. The zero-order valence-corrected chi connectivity index (χ0v) is 13.0. The Morgan fingerprint density at radius 3 is 2.32 bits per heavy atom. The number of amides is 1. The molecule has 0 aliphatic heterocycles. The summed E-state index contributed by atoms with van der Waals surface area (Å²) in [7, 11) is 1.77. The van der Waals surface area contributed by atoms with E-state index >= 15 is 0 Å². The molecule has 0 radical (unpaired) electrons. The molecule has 0 aliphatic carbocycles. The van der Waals surface area contributed by atoms with Crippen molar-refractivity contribution in [1.29, 1.82) is 0 Å². The lowest BCUT2D eigenvalue weighted by Gasteiger charge is -2.17. The van der Waals surface area contributed by atoms with Crippen LogP contribution in [0, 0.1) is 0 Å². The normalized spacial score (nSPS) is 10.3. The summed E-state index contributed by atoms with van der Waals surface area (Å²) in [6.45, 7) is 3.70. The Morgan fingerprint density at radius 2 is 1.68 bits per heavy atom. The molecule has 0 heterocycles. The van der Waals surface area contributed by atoms with Crippen LogP contribution in [-0.4, -0.2) is 32.8 Å². The van der Waals surface area contributed by atoms with Gasteiger partial charge in [0.1, 0.15) is 12.4 Å². The molecule has 116 valence electrons. The van der Waals surface area contributed by atoms with E-state index in [0.717, 1.165) is 11.4 Å². The maximum atomic E-state index is 12.4. The lowest BCUT2D eigenvalue weighted by atomic mass is 10.2. The number of carbonyl (C=O) groups excluding carboxylic acids is 1. The van der Waals surface area contributed by atoms with E-state index in [0.29, 0.717) is 25.4 Å². The van der Waals surface area contributed by atoms with E-state index in [1.165, 1.54) is 0 Å². The Hall–Kier alpha value is -2.33. The van der Waals surface area contributed by atoms with Gasteiger partial charge in [0.2, 0.25) is 0 Å². The van der Waals surface area contributed by atoms with Crippen LogP contribution in [0.5, 0.6) is 5.75 Å².